The van der Waals surface area contributed by atoms with Crippen LogP contribution in [0.15, 0.2) is 0 Å². The summed E-state index contributed by atoms with van der Waals surface area (Å²) in [6.07, 6.45) is 0.136. The second-order valence-corrected chi connectivity index (χ2v) is 1.35. The van der Waals surface area contributed by atoms with Crippen molar-refractivity contribution in [3.05, 3.63) is 0 Å². The highest BCUT2D eigenvalue weighted by Crippen LogP contribution is 1.71. The van der Waals surface area contributed by atoms with Gasteiger partial charge in [-0.2, -0.15) is 0 Å². The predicted molar refractivity (Wildman–Crippen MR) is 29.3 cm³/mol. The Kier molecular flexibility index (Phi) is 4.20. The maximum atomic E-state index is 9.79. The Hall–Kier alpha value is -0.610. The third-order valence-corrected chi connectivity index (χ3v) is 0.660. The van der Waals surface area contributed by atoms with Gasteiger partial charge in [0.1, 0.15) is 0 Å². The summed E-state index contributed by atoms with van der Waals surface area (Å²) in [6.45, 7) is 0.791. The van der Waals surface area contributed by atoms with Gasteiger partial charge in [-0.25, -0.2) is 0 Å². The van der Waals surface area contributed by atoms with Crippen molar-refractivity contribution in [1.29, 1.82) is 0 Å². The van der Waals surface area contributed by atoms with E-state index in [0.717, 1.165) is 0 Å². The minimum atomic E-state index is -0.800. The van der Waals surface area contributed by atoms with Crippen LogP contribution in [0.1, 0.15) is 6.42 Å². The Labute approximate surface area is 47.7 Å². The summed E-state index contributed by atoms with van der Waals surface area (Å²) in [7, 11) is 0. The van der Waals surface area contributed by atoms with Gasteiger partial charge in [0, 0.05) is 13.2 Å². The molecule has 0 heterocycles. The van der Waals surface area contributed by atoms with Crippen LogP contribution in [0.2, 0.25) is 0 Å². The van der Waals surface area contributed by atoms with Crippen LogP contribution in [-0.2, 0) is 4.79 Å². The number of carboxylic acids is 1. The van der Waals surface area contributed by atoms with Gasteiger partial charge in [-0.3, -0.25) is 4.79 Å². The molecule has 4 heteroatoms. The summed E-state index contributed by atoms with van der Waals surface area (Å²) in [5.41, 5.74) is 5.01. The lowest BCUT2D eigenvalue weighted by atomic mass is 10.4. The van der Waals surface area contributed by atoms with Crippen molar-refractivity contribution in [2.75, 3.05) is 13.2 Å². The van der Waals surface area contributed by atoms with Crippen molar-refractivity contribution in [2.24, 2.45) is 5.73 Å². The smallest absolute Gasteiger partial charge is 0.304 e. The number of hydrogen-bond donors (Lipinski definition) is 3. The van der Waals surface area contributed by atoms with Gasteiger partial charge in [-0.05, 0) is 0 Å². The van der Waals surface area contributed by atoms with Crippen LogP contribution in [-0.4, -0.2) is 24.3 Å². The quantitative estimate of drug-likeness (QED) is 0.326. The molecule has 8 heavy (non-hydrogen) atoms. The molecule has 4 nitrogen and oxygen atoms in total. The van der Waals surface area contributed by atoms with E-state index < -0.39 is 5.97 Å². The molecule has 48 valence electrons. The second-order valence-electron chi connectivity index (χ2n) is 1.35. The zero-order valence-corrected chi connectivity index (χ0v) is 4.55. The summed E-state index contributed by atoms with van der Waals surface area (Å²) < 4.78 is 0. The third-order valence-electron chi connectivity index (χ3n) is 0.660. The summed E-state index contributed by atoms with van der Waals surface area (Å²) >= 11 is 0. The van der Waals surface area contributed by atoms with E-state index in [2.05, 4.69) is 5.32 Å². The van der Waals surface area contributed by atoms with Gasteiger partial charge >= 0.3 is 5.97 Å². The zero-order chi connectivity index (χ0) is 6.41. The highest BCUT2D eigenvalue weighted by atomic mass is 16.4. The molecular formula is C4H10N2O2. The Morgan fingerprint density at radius 3 is 2.75 bits per heavy atom. The van der Waals surface area contributed by atoms with Gasteiger partial charge in [0.15, 0.2) is 0 Å². The Morgan fingerprint density at radius 1 is 1.75 bits per heavy atom. The lowest BCUT2D eigenvalue weighted by molar-refractivity contribution is -0.136. The average molecular weight is 118 g/mol. The number of carboxylic acid groups (broad SMARTS) is 1. The lowest BCUT2D eigenvalue weighted by Gasteiger charge is -1.94. The maximum absolute atomic E-state index is 9.79. The maximum Gasteiger partial charge on any atom is 0.304 e. The molecule has 4 N–H and O–H groups in total. The fourth-order valence-corrected chi connectivity index (χ4v) is 0.297. The SMILES string of the molecule is NCNCCC(=O)O. The van der Waals surface area contributed by atoms with Crippen molar-refractivity contribution in [3.8, 4) is 0 Å². The van der Waals surface area contributed by atoms with Gasteiger partial charge in [-0.15, -0.1) is 0 Å². The largest absolute Gasteiger partial charge is 0.481 e. The molecule has 0 aliphatic carbocycles. The van der Waals surface area contributed by atoms with Crippen molar-refractivity contribution in [2.45, 2.75) is 6.42 Å². The predicted octanol–water partition coefficient (Wildman–Crippen LogP) is -1.03. The molecule has 0 amide bonds. The molecule has 0 aliphatic rings. The van der Waals surface area contributed by atoms with E-state index in [1.165, 1.54) is 0 Å². The molecule has 0 spiro atoms. The normalized spacial score (nSPS) is 9.12. The monoisotopic (exact) mass is 118 g/mol. The Bertz CT molecular complexity index is 74.4. The first-order chi connectivity index (χ1) is 3.77. The number of rotatable bonds is 4. The van der Waals surface area contributed by atoms with Crippen LogP contribution in [0.25, 0.3) is 0 Å². The van der Waals surface area contributed by atoms with Crippen molar-refractivity contribution in [3.63, 3.8) is 0 Å². The molecule has 0 saturated carbocycles. The summed E-state index contributed by atoms with van der Waals surface area (Å²) in [5, 5.41) is 10.7. The van der Waals surface area contributed by atoms with E-state index in [1.807, 2.05) is 0 Å². The molecule has 0 saturated heterocycles. The van der Waals surface area contributed by atoms with E-state index in [1.54, 1.807) is 0 Å². The Balaban J connectivity index is 2.82. The van der Waals surface area contributed by atoms with Crippen molar-refractivity contribution >= 4 is 5.97 Å². The van der Waals surface area contributed by atoms with E-state index in [9.17, 15) is 4.79 Å². The first-order valence-corrected chi connectivity index (χ1v) is 2.40. The molecule has 0 aromatic heterocycles. The highest BCUT2D eigenvalue weighted by molar-refractivity contribution is 5.66. The van der Waals surface area contributed by atoms with Crippen molar-refractivity contribution < 1.29 is 9.90 Å². The fraction of sp³-hybridized carbons (Fsp3) is 0.750. The molecule has 0 bridgehead atoms. The van der Waals surface area contributed by atoms with E-state index in [0.29, 0.717) is 13.2 Å². The van der Waals surface area contributed by atoms with E-state index in [-0.39, 0.29) is 6.42 Å². The van der Waals surface area contributed by atoms with Crippen LogP contribution in [0.4, 0.5) is 0 Å². The lowest BCUT2D eigenvalue weighted by Crippen LogP contribution is -2.24. The molecule has 0 atom stereocenters. The fourth-order valence-electron chi connectivity index (χ4n) is 0.297. The highest BCUT2D eigenvalue weighted by Gasteiger charge is 1.91. The summed E-state index contributed by atoms with van der Waals surface area (Å²) in [4.78, 5) is 9.79. The molecule has 0 radical (unpaired) electrons. The van der Waals surface area contributed by atoms with Crippen LogP contribution in [0.3, 0.4) is 0 Å². The van der Waals surface area contributed by atoms with Gasteiger partial charge in [-0.1, -0.05) is 0 Å². The first kappa shape index (κ1) is 7.39. The molecule has 0 aromatic rings. The standard InChI is InChI=1S/C4H10N2O2/c5-3-6-2-1-4(7)8/h6H,1-3,5H2,(H,7,8). The number of nitrogens with two attached hydrogens (primary N) is 1. The molecule has 0 rings (SSSR count). The van der Waals surface area contributed by atoms with Crippen LogP contribution >= 0.6 is 0 Å². The minimum absolute atomic E-state index is 0.136. The van der Waals surface area contributed by atoms with Gasteiger partial charge in [0.2, 0.25) is 0 Å². The average Bonchev–Trinajstić information content (AvgIpc) is 1.66. The van der Waals surface area contributed by atoms with Gasteiger partial charge < -0.3 is 16.2 Å². The summed E-state index contributed by atoms with van der Waals surface area (Å²) in [5.74, 6) is -0.800. The number of hydrogen-bond acceptors (Lipinski definition) is 3. The number of nitrogens with one attached hydrogen (secondary N) is 1. The van der Waals surface area contributed by atoms with Crippen LogP contribution in [0, 0.1) is 0 Å². The van der Waals surface area contributed by atoms with Crippen LogP contribution < -0.4 is 11.1 Å². The summed E-state index contributed by atoms with van der Waals surface area (Å²) in [6, 6.07) is 0. The van der Waals surface area contributed by atoms with Gasteiger partial charge in [0.05, 0.1) is 6.42 Å². The molecule has 0 fully saturated rings. The minimum Gasteiger partial charge on any atom is -0.481 e. The molecular weight excluding hydrogens is 108 g/mol. The topological polar surface area (TPSA) is 75.3 Å². The van der Waals surface area contributed by atoms with Crippen LogP contribution in [0.5, 0.6) is 0 Å². The number of aliphatic carboxylic acids is 1. The number of carbonyl (C=O) groups is 1. The Morgan fingerprint density at radius 2 is 2.38 bits per heavy atom. The van der Waals surface area contributed by atoms with E-state index >= 15 is 0 Å². The third kappa shape index (κ3) is 5.39. The molecule has 0 aliphatic heterocycles. The van der Waals surface area contributed by atoms with Gasteiger partial charge in [0.25, 0.3) is 0 Å². The van der Waals surface area contributed by atoms with Crippen molar-refractivity contribution in [1.82, 2.24) is 5.32 Å². The molecule has 0 unspecified atom stereocenters. The second kappa shape index (κ2) is 4.55. The first-order valence-electron chi connectivity index (χ1n) is 2.40. The van der Waals surface area contributed by atoms with E-state index in [4.69, 9.17) is 10.8 Å². The zero-order valence-electron chi connectivity index (χ0n) is 4.55. The molecule has 0 aromatic carbocycles.